The molecule has 0 bridgehead atoms. The maximum Gasteiger partial charge on any atom is 0.332 e. The molecule has 4 atom stereocenters. The second-order valence-electron chi connectivity index (χ2n) is 39.0. The zero-order valence-electron chi connectivity index (χ0n) is 84.8. The van der Waals surface area contributed by atoms with Crippen molar-refractivity contribution in [1.29, 1.82) is 0 Å². The molecule has 0 spiro atoms. The lowest BCUT2D eigenvalue weighted by atomic mass is 9.92. The van der Waals surface area contributed by atoms with Crippen LogP contribution in [0.4, 0.5) is 64.7 Å². The molecule has 0 aliphatic carbocycles. The molecular formula is C111H145ClN12O12. The molecule has 8 aromatic carbocycles. The Kier molecular flexibility index (Phi) is 36.7. The van der Waals surface area contributed by atoms with Crippen molar-refractivity contribution in [2.45, 2.75) is 308 Å². The van der Waals surface area contributed by atoms with Crippen LogP contribution in [0.5, 0.6) is 0 Å². The molecule has 8 aromatic rings. The van der Waals surface area contributed by atoms with E-state index in [4.69, 9.17) is 11.6 Å². The van der Waals surface area contributed by atoms with Gasteiger partial charge in [-0.2, -0.15) is 0 Å². The van der Waals surface area contributed by atoms with E-state index in [2.05, 4.69) is 111 Å². The Morgan fingerprint density at radius 2 is 0.500 bits per heavy atom. The smallest absolute Gasteiger partial charge is 0.324 e. The number of rotatable bonds is 34. The standard InChI is InChI=1S/C30H41N3O3.C28H37N3O3.C27H34ClN3O3.C26H33N3O3/c1-8-9-10-18-30(7)28(35)32(29(36)33(30)23-16-14-22(6)15-17-23)19-26(34)31-27-24(20(2)3)12-11-13-25(27)21(4)5;1-8-16-28(7)26(33)30(27(34)31(28)21-14-12-20(6)13-15-21)17-24(32)29-25-22(18(2)3)10-9-11-23(25)19(4)5;1-7-15-27(6)25(33)30(26(34)31(27)20-13-11-19(28)12-14-20)16-23(32)29-24-21(17(2)3)9-8-10-22(24)18(4)5;1-6-16-26(5)24(31)28(25(32)29(26)21-14-12-18(4)13-15-21)17-22(30)27-23-19(7-2)10-9-11-20(23)8-3/h11-17,20-21H,8-10,18-19H2,1-7H3,(H,31,34);9-15,18-19H,8,16-17H2,1-7H3,(H,29,32);8-14,17-18H,7,15-16H2,1-6H3,(H,29,32);9-15H,6-8,16-17H2,1-5H3,(H,27,30). The van der Waals surface area contributed by atoms with E-state index in [0.717, 1.165) is 148 Å². The first-order chi connectivity index (χ1) is 64.3. The number of anilines is 8. The molecule has 136 heavy (non-hydrogen) atoms. The lowest BCUT2D eigenvalue weighted by molar-refractivity contribution is -0.133. The largest absolute Gasteiger partial charge is 0.332 e. The van der Waals surface area contributed by atoms with Gasteiger partial charge in [-0.25, -0.2) is 19.2 Å². The van der Waals surface area contributed by atoms with E-state index in [0.29, 0.717) is 59.9 Å². The first-order valence-electron chi connectivity index (χ1n) is 48.6. The Hall–Kier alpha value is -12.3. The third-order valence-electron chi connectivity index (χ3n) is 26.3. The van der Waals surface area contributed by atoms with Crippen molar-refractivity contribution >= 4 is 128 Å². The van der Waals surface area contributed by atoms with Gasteiger partial charge in [0.25, 0.3) is 23.6 Å². The second kappa shape index (κ2) is 46.5. The zero-order chi connectivity index (χ0) is 100. The van der Waals surface area contributed by atoms with E-state index >= 15 is 0 Å². The monoisotopic (exact) mass is 1870 g/mol. The van der Waals surface area contributed by atoms with Crippen LogP contribution in [0.2, 0.25) is 5.02 Å². The van der Waals surface area contributed by atoms with Crippen LogP contribution in [-0.4, -0.2) is 139 Å². The number of carbonyl (C=O) groups is 12. The van der Waals surface area contributed by atoms with Crippen molar-refractivity contribution in [1.82, 2.24) is 19.6 Å². The minimum Gasteiger partial charge on any atom is -0.324 e. The summed E-state index contributed by atoms with van der Waals surface area (Å²) in [6.07, 6.45) is 8.61. The molecule has 4 saturated heterocycles. The number of nitrogens with zero attached hydrogens (tertiary/aromatic N) is 8. The summed E-state index contributed by atoms with van der Waals surface area (Å²) in [5.41, 5.74) is 13.0. The molecule has 4 heterocycles. The van der Waals surface area contributed by atoms with Gasteiger partial charge in [-0.15, -0.1) is 0 Å². The molecule has 0 saturated carbocycles. The van der Waals surface area contributed by atoms with Gasteiger partial charge in [0.05, 0.1) is 0 Å². The summed E-state index contributed by atoms with van der Waals surface area (Å²) in [5, 5.41) is 12.6. The number of aryl methyl sites for hydroxylation is 5. The zero-order valence-corrected chi connectivity index (χ0v) is 85.6. The molecule has 16 amide bonds. The number of halogens is 1. The van der Waals surface area contributed by atoms with Crippen LogP contribution in [-0.2, 0) is 51.2 Å². The van der Waals surface area contributed by atoms with E-state index in [1.54, 1.807) is 59.7 Å². The van der Waals surface area contributed by atoms with Gasteiger partial charge < -0.3 is 21.3 Å². The highest BCUT2D eigenvalue weighted by molar-refractivity contribution is 6.31. The third-order valence-corrected chi connectivity index (χ3v) is 26.6. The normalized spacial score (nSPS) is 18.3. The summed E-state index contributed by atoms with van der Waals surface area (Å²) in [5.74, 6) is -1.59. The van der Waals surface area contributed by atoms with E-state index in [1.807, 2.05) is 208 Å². The Morgan fingerprint density at radius 3 is 0.713 bits per heavy atom. The first kappa shape index (κ1) is 107. The van der Waals surface area contributed by atoms with Gasteiger partial charge in [0.1, 0.15) is 48.3 Å². The Bertz CT molecular complexity index is 5380. The van der Waals surface area contributed by atoms with Gasteiger partial charge in [-0.3, -0.25) is 77.6 Å². The molecule has 12 rings (SSSR count). The molecule has 4 fully saturated rings. The molecule has 0 aromatic heterocycles. The van der Waals surface area contributed by atoms with Crippen molar-refractivity contribution in [2.75, 3.05) is 67.0 Å². The van der Waals surface area contributed by atoms with Crippen LogP contribution in [0.15, 0.2) is 170 Å². The molecule has 4 aliphatic rings. The Balaban J connectivity index is 0.000000203. The van der Waals surface area contributed by atoms with Crippen LogP contribution >= 0.6 is 11.6 Å². The van der Waals surface area contributed by atoms with Crippen LogP contribution in [0.3, 0.4) is 0 Å². The molecule has 0 radical (unpaired) electrons. The van der Waals surface area contributed by atoms with Crippen molar-refractivity contribution in [2.24, 2.45) is 0 Å². The highest BCUT2D eigenvalue weighted by atomic mass is 35.5. The lowest BCUT2D eigenvalue weighted by Gasteiger charge is -2.32. The molecule has 25 heteroatoms. The van der Waals surface area contributed by atoms with Crippen LogP contribution in [0.1, 0.15) is 313 Å². The van der Waals surface area contributed by atoms with Crippen LogP contribution in [0, 0.1) is 20.8 Å². The number of amides is 16. The van der Waals surface area contributed by atoms with Gasteiger partial charge >= 0.3 is 24.1 Å². The van der Waals surface area contributed by atoms with Crippen LogP contribution in [0.25, 0.3) is 0 Å². The van der Waals surface area contributed by atoms with E-state index in [9.17, 15) is 57.5 Å². The minimum absolute atomic E-state index is 0.206. The van der Waals surface area contributed by atoms with Crippen molar-refractivity contribution < 1.29 is 57.5 Å². The minimum atomic E-state index is -1.07. The third kappa shape index (κ3) is 23.7. The maximum atomic E-state index is 13.7. The fourth-order valence-corrected chi connectivity index (χ4v) is 19.0. The lowest BCUT2D eigenvalue weighted by Crippen LogP contribution is -2.47. The molecule has 24 nitrogen and oxygen atoms in total. The van der Waals surface area contributed by atoms with E-state index < -0.39 is 52.2 Å². The predicted octanol–water partition coefficient (Wildman–Crippen LogP) is 24.8. The number of benzene rings is 8. The molecule has 728 valence electrons. The summed E-state index contributed by atoms with van der Waals surface area (Å²) >= 11 is 6.03. The summed E-state index contributed by atoms with van der Waals surface area (Å²) in [7, 11) is 0. The number of carbonyl (C=O) groups excluding carboxylic acids is 12. The quantitative estimate of drug-likeness (QED) is 0.0216. The van der Waals surface area contributed by atoms with Crippen molar-refractivity contribution in [3.63, 3.8) is 0 Å². The molecule has 4 unspecified atom stereocenters. The summed E-state index contributed by atoms with van der Waals surface area (Å²) in [4.78, 5) is 171. The van der Waals surface area contributed by atoms with Crippen LogP contribution < -0.4 is 40.9 Å². The van der Waals surface area contributed by atoms with E-state index in [1.165, 1.54) is 4.90 Å². The van der Waals surface area contributed by atoms with Crippen molar-refractivity contribution in [3.05, 3.63) is 236 Å². The fraction of sp³-hybridized carbons (Fsp3) is 0.459. The summed E-state index contributed by atoms with van der Waals surface area (Å²) in [6.45, 7) is 48.9. The number of nitrogens with one attached hydrogen (secondary N) is 4. The highest BCUT2D eigenvalue weighted by Crippen LogP contribution is 2.45. The average molecular weight is 1870 g/mol. The van der Waals surface area contributed by atoms with Gasteiger partial charge in [-0.1, -0.05) is 301 Å². The number of hydrogen-bond donors (Lipinski definition) is 4. The van der Waals surface area contributed by atoms with E-state index in [-0.39, 0.29) is 103 Å². The van der Waals surface area contributed by atoms with Crippen molar-refractivity contribution in [3.8, 4) is 0 Å². The van der Waals surface area contributed by atoms with Gasteiger partial charge in [-0.05, 0) is 228 Å². The first-order valence-corrected chi connectivity index (χ1v) is 49.0. The van der Waals surface area contributed by atoms with Gasteiger partial charge in [0.2, 0.25) is 23.6 Å². The predicted molar refractivity (Wildman–Crippen MR) is 549 cm³/mol. The Labute approximate surface area is 811 Å². The topological polar surface area (TPSA) is 279 Å². The molecule has 4 N–H and O–H groups in total. The summed E-state index contributed by atoms with van der Waals surface area (Å²) in [6, 6.07) is 51.7. The average Bonchev–Trinajstić information content (AvgIpc) is 1.60. The maximum absolute atomic E-state index is 13.7. The Morgan fingerprint density at radius 1 is 0.287 bits per heavy atom. The van der Waals surface area contributed by atoms with Gasteiger partial charge in [0, 0.05) is 50.5 Å². The number of unbranched alkanes of at least 4 members (excludes halogenated alkanes) is 2. The number of urea groups is 4. The number of hydrogen-bond acceptors (Lipinski definition) is 12. The summed E-state index contributed by atoms with van der Waals surface area (Å²) < 4.78 is 0. The molecule has 4 aliphatic heterocycles. The second-order valence-corrected chi connectivity index (χ2v) is 39.5. The number of para-hydroxylation sites is 4. The highest BCUT2D eigenvalue weighted by Gasteiger charge is 2.59. The SMILES string of the molecule is CCCC1(C)C(=O)N(CC(=O)Nc2c(C(C)C)cccc2C(C)C)C(=O)N1c1ccc(C)cc1.CCCC1(C)C(=O)N(CC(=O)Nc2c(C(C)C)cccc2C(C)C)C(=O)N1c1ccc(Cl)cc1.CCCC1(C)C(=O)N(CC(=O)Nc2c(CC)cccc2CC)C(=O)N1c1ccc(C)cc1.CCCCCC1(C)C(=O)N(CC(=O)Nc2c(C(C)C)cccc2C(C)C)C(=O)N1c1ccc(C)cc1. The number of imide groups is 4. The fourth-order valence-electron chi connectivity index (χ4n) is 18.9. The van der Waals surface area contributed by atoms with Gasteiger partial charge in [0.15, 0.2) is 0 Å². The molecular weight excluding hydrogens is 1730 g/mol.